The van der Waals surface area contributed by atoms with E-state index >= 15 is 0 Å². The van der Waals surface area contributed by atoms with Crippen LogP contribution < -0.4 is 5.56 Å². The highest BCUT2D eigenvalue weighted by molar-refractivity contribution is 9.10. The third kappa shape index (κ3) is 3.51. The van der Waals surface area contributed by atoms with Gasteiger partial charge in [0, 0.05) is 15.4 Å². The number of aromatic carboxylic acids is 1. The summed E-state index contributed by atoms with van der Waals surface area (Å²) in [5.74, 6) is -1.18. The van der Waals surface area contributed by atoms with Crippen LogP contribution in [0.25, 0.3) is 21.9 Å². The minimum atomic E-state index is -1.18. The molecule has 1 heterocycles. The van der Waals surface area contributed by atoms with Gasteiger partial charge in [-0.25, -0.2) is 4.79 Å². The SMILES string of the molecule is N#Cc1ccc(Cn2c(C(=O)O)c(-c3ccccc3)c3cc(Br)ccc3c2=O)cc1. The summed E-state index contributed by atoms with van der Waals surface area (Å²) in [6, 6.07) is 23.2. The van der Waals surface area contributed by atoms with Gasteiger partial charge >= 0.3 is 5.97 Å². The predicted octanol–water partition coefficient (Wildman–Crippen LogP) is 5.05. The molecular weight excluding hydrogens is 444 g/mol. The number of pyridine rings is 1. The summed E-state index contributed by atoms with van der Waals surface area (Å²) in [5.41, 5.74) is 1.99. The molecule has 0 atom stereocenters. The first-order chi connectivity index (χ1) is 14.5. The largest absolute Gasteiger partial charge is 0.477 e. The van der Waals surface area contributed by atoms with E-state index in [1.54, 1.807) is 42.5 Å². The number of benzene rings is 3. The molecule has 0 fully saturated rings. The fourth-order valence-corrected chi connectivity index (χ4v) is 3.92. The van der Waals surface area contributed by atoms with Crippen molar-refractivity contribution < 1.29 is 9.90 Å². The van der Waals surface area contributed by atoms with Gasteiger partial charge in [0.25, 0.3) is 5.56 Å². The van der Waals surface area contributed by atoms with E-state index in [0.29, 0.717) is 27.5 Å². The number of carboxylic acid groups (broad SMARTS) is 1. The Morgan fingerprint density at radius 1 is 1.00 bits per heavy atom. The summed E-state index contributed by atoms with van der Waals surface area (Å²) in [6.07, 6.45) is 0. The molecule has 0 spiro atoms. The fraction of sp³-hybridized carbons (Fsp3) is 0.0417. The zero-order chi connectivity index (χ0) is 21.3. The van der Waals surface area contributed by atoms with Crippen molar-refractivity contribution in [2.24, 2.45) is 0 Å². The number of nitrogens with zero attached hydrogens (tertiary/aromatic N) is 2. The second kappa shape index (κ2) is 7.97. The maximum absolute atomic E-state index is 13.3. The van der Waals surface area contributed by atoms with Crippen LogP contribution in [0, 0.1) is 11.3 Å². The van der Waals surface area contributed by atoms with Crippen molar-refractivity contribution >= 4 is 32.7 Å². The topological polar surface area (TPSA) is 83.1 Å². The summed E-state index contributed by atoms with van der Waals surface area (Å²) in [6.45, 7) is 0.0814. The molecule has 0 aliphatic carbocycles. The molecule has 6 heteroatoms. The van der Waals surface area contributed by atoms with Gasteiger partial charge in [0.05, 0.1) is 18.2 Å². The van der Waals surface area contributed by atoms with Crippen molar-refractivity contribution in [3.63, 3.8) is 0 Å². The highest BCUT2D eigenvalue weighted by Gasteiger charge is 2.23. The number of rotatable bonds is 4. The molecule has 0 bridgehead atoms. The third-order valence-electron chi connectivity index (χ3n) is 4.92. The maximum atomic E-state index is 13.3. The van der Waals surface area contributed by atoms with Gasteiger partial charge in [-0.3, -0.25) is 9.36 Å². The van der Waals surface area contributed by atoms with Crippen LogP contribution >= 0.6 is 15.9 Å². The van der Waals surface area contributed by atoms with Crippen LogP contribution in [-0.2, 0) is 6.54 Å². The molecule has 0 aliphatic heterocycles. The first kappa shape index (κ1) is 19.6. The van der Waals surface area contributed by atoms with Crippen molar-refractivity contribution in [1.29, 1.82) is 5.26 Å². The van der Waals surface area contributed by atoms with Crippen molar-refractivity contribution in [2.75, 3.05) is 0 Å². The zero-order valence-corrected chi connectivity index (χ0v) is 17.3. The van der Waals surface area contributed by atoms with E-state index in [2.05, 4.69) is 22.0 Å². The second-order valence-corrected chi connectivity index (χ2v) is 7.70. The van der Waals surface area contributed by atoms with E-state index < -0.39 is 5.97 Å². The highest BCUT2D eigenvalue weighted by Crippen LogP contribution is 2.32. The molecule has 4 rings (SSSR count). The smallest absolute Gasteiger partial charge is 0.353 e. The van der Waals surface area contributed by atoms with E-state index in [0.717, 1.165) is 10.0 Å². The summed E-state index contributed by atoms with van der Waals surface area (Å²) < 4.78 is 2.05. The Labute approximate surface area is 180 Å². The van der Waals surface area contributed by atoms with Gasteiger partial charge in [-0.1, -0.05) is 58.4 Å². The lowest BCUT2D eigenvalue weighted by atomic mass is 9.96. The van der Waals surface area contributed by atoms with Gasteiger partial charge in [0.2, 0.25) is 0 Å². The van der Waals surface area contributed by atoms with Crippen LogP contribution in [0.5, 0.6) is 0 Å². The molecule has 0 aliphatic rings. The van der Waals surface area contributed by atoms with Crippen LogP contribution in [0.1, 0.15) is 21.6 Å². The minimum Gasteiger partial charge on any atom is -0.477 e. The molecule has 30 heavy (non-hydrogen) atoms. The van der Waals surface area contributed by atoms with Crippen LogP contribution in [0.3, 0.4) is 0 Å². The number of carboxylic acids is 1. The molecule has 4 aromatic rings. The van der Waals surface area contributed by atoms with E-state index in [1.807, 2.05) is 30.3 Å². The Kier molecular flexibility index (Phi) is 5.21. The van der Waals surface area contributed by atoms with Crippen molar-refractivity contribution in [1.82, 2.24) is 4.57 Å². The molecule has 1 aromatic heterocycles. The third-order valence-corrected chi connectivity index (χ3v) is 5.42. The lowest BCUT2D eigenvalue weighted by Crippen LogP contribution is -2.28. The molecule has 5 nitrogen and oxygen atoms in total. The van der Waals surface area contributed by atoms with Crippen LogP contribution in [0.4, 0.5) is 0 Å². The van der Waals surface area contributed by atoms with Crippen molar-refractivity contribution in [3.05, 3.63) is 104 Å². The summed E-state index contributed by atoms with van der Waals surface area (Å²) in [5, 5.41) is 20.1. The Morgan fingerprint density at radius 2 is 1.70 bits per heavy atom. The molecule has 0 unspecified atom stereocenters. The number of nitriles is 1. The quantitative estimate of drug-likeness (QED) is 0.463. The average Bonchev–Trinajstić information content (AvgIpc) is 2.76. The zero-order valence-electron chi connectivity index (χ0n) is 15.7. The molecule has 1 N–H and O–H groups in total. The number of aromatic nitrogens is 1. The highest BCUT2D eigenvalue weighted by atomic mass is 79.9. The lowest BCUT2D eigenvalue weighted by molar-refractivity contribution is 0.0685. The minimum absolute atomic E-state index is 0.0684. The van der Waals surface area contributed by atoms with Crippen LogP contribution in [-0.4, -0.2) is 15.6 Å². The Balaban J connectivity index is 2.07. The van der Waals surface area contributed by atoms with E-state index in [4.69, 9.17) is 5.26 Å². The van der Waals surface area contributed by atoms with Crippen LogP contribution in [0.2, 0.25) is 0 Å². The van der Waals surface area contributed by atoms with Gasteiger partial charge in [0.15, 0.2) is 0 Å². The summed E-state index contributed by atoms with van der Waals surface area (Å²) in [7, 11) is 0. The van der Waals surface area contributed by atoms with Gasteiger partial charge in [-0.05, 0) is 46.8 Å². The van der Waals surface area contributed by atoms with Crippen molar-refractivity contribution in [2.45, 2.75) is 6.54 Å². The van der Waals surface area contributed by atoms with E-state index in [9.17, 15) is 14.7 Å². The van der Waals surface area contributed by atoms with E-state index in [1.165, 1.54) is 4.57 Å². The Morgan fingerprint density at radius 3 is 2.33 bits per heavy atom. The molecular formula is C24H15BrN2O3. The van der Waals surface area contributed by atoms with E-state index in [-0.39, 0.29) is 17.8 Å². The maximum Gasteiger partial charge on any atom is 0.353 e. The van der Waals surface area contributed by atoms with Gasteiger partial charge in [-0.2, -0.15) is 5.26 Å². The first-order valence-corrected chi connectivity index (χ1v) is 9.92. The van der Waals surface area contributed by atoms with Gasteiger partial charge in [-0.15, -0.1) is 0 Å². The normalized spacial score (nSPS) is 10.7. The van der Waals surface area contributed by atoms with Gasteiger partial charge < -0.3 is 5.11 Å². The van der Waals surface area contributed by atoms with Gasteiger partial charge in [0.1, 0.15) is 5.69 Å². The average molecular weight is 459 g/mol. The summed E-state index contributed by atoms with van der Waals surface area (Å²) in [4.78, 5) is 25.7. The Hall–Kier alpha value is -3.69. The Bertz CT molecular complexity index is 1370. The lowest BCUT2D eigenvalue weighted by Gasteiger charge is -2.18. The molecule has 0 radical (unpaired) electrons. The number of fused-ring (bicyclic) bond motifs is 1. The number of halogens is 1. The second-order valence-electron chi connectivity index (χ2n) is 6.78. The molecule has 0 saturated heterocycles. The number of hydrogen-bond acceptors (Lipinski definition) is 3. The standard InChI is InChI=1S/C24H15BrN2O3/c25-18-10-11-19-20(12-18)21(17-4-2-1-3-5-17)22(24(29)30)27(23(19)28)14-16-8-6-15(13-26)7-9-16/h1-12H,14H2,(H,29,30). The molecule has 3 aromatic carbocycles. The molecule has 0 amide bonds. The van der Waals surface area contributed by atoms with Crippen LogP contribution in [0.15, 0.2) is 82.1 Å². The first-order valence-electron chi connectivity index (χ1n) is 9.13. The molecule has 146 valence electrons. The molecule has 0 saturated carbocycles. The van der Waals surface area contributed by atoms with Crippen molar-refractivity contribution in [3.8, 4) is 17.2 Å². The number of hydrogen-bond donors (Lipinski definition) is 1. The monoisotopic (exact) mass is 458 g/mol. The number of carbonyl (C=O) groups is 1. The predicted molar refractivity (Wildman–Crippen MR) is 119 cm³/mol. The summed E-state index contributed by atoms with van der Waals surface area (Å²) >= 11 is 3.43. The fourth-order valence-electron chi connectivity index (χ4n) is 3.56.